The van der Waals surface area contributed by atoms with E-state index >= 15 is 0 Å². The Hall–Kier alpha value is -2.46. The third-order valence-corrected chi connectivity index (χ3v) is 6.50. The maximum absolute atomic E-state index is 12.9. The molecule has 0 spiro atoms. The highest BCUT2D eigenvalue weighted by atomic mass is 35.5. The molecule has 3 amide bonds. The number of carboxylic acids is 1. The molecule has 2 fully saturated rings. The topological polar surface area (TPSA) is 125 Å². The van der Waals surface area contributed by atoms with E-state index in [1.807, 2.05) is 0 Å². The molecule has 1 unspecified atom stereocenters. The molecule has 1 aromatic carbocycles. The van der Waals surface area contributed by atoms with Crippen molar-refractivity contribution in [1.82, 2.24) is 15.5 Å². The van der Waals surface area contributed by atoms with Gasteiger partial charge in [0.05, 0.1) is 0 Å². The van der Waals surface area contributed by atoms with Gasteiger partial charge in [-0.05, 0) is 19.4 Å². The van der Waals surface area contributed by atoms with Crippen molar-refractivity contribution >= 4 is 47.2 Å². The third kappa shape index (κ3) is 3.99. The van der Waals surface area contributed by atoms with Crippen LogP contribution in [-0.2, 0) is 19.1 Å². The molecular formula is C18H20ClN3O6S. The molecule has 156 valence electrons. The van der Waals surface area contributed by atoms with Crippen molar-refractivity contribution in [3.8, 4) is 0 Å². The summed E-state index contributed by atoms with van der Waals surface area (Å²) in [6, 6.07) is 5.11. The number of carbonyl (C=O) groups is 4. The molecule has 9 nitrogen and oxygen atoms in total. The fourth-order valence-corrected chi connectivity index (χ4v) is 5.26. The van der Waals surface area contributed by atoms with Crippen LogP contribution in [0.2, 0.25) is 0 Å². The van der Waals surface area contributed by atoms with Crippen molar-refractivity contribution in [3.05, 3.63) is 35.9 Å². The van der Waals surface area contributed by atoms with Crippen LogP contribution in [0, 0.1) is 0 Å². The molecule has 4 atom stereocenters. The van der Waals surface area contributed by atoms with Gasteiger partial charge in [0.1, 0.15) is 23.5 Å². The molecule has 0 bridgehead atoms. The number of amides is 3. The van der Waals surface area contributed by atoms with Crippen LogP contribution >= 0.6 is 23.4 Å². The van der Waals surface area contributed by atoms with Crippen LogP contribution in [0.5, 0.6) is 0 Å². The van der Waals surface area contributed by atoms with E-state index in [1.54, 1.807) is 44.2 Å². The molecule has 0 saturated carbocycles. The quantitative estimate of drug-likeness (QED) is 0.448. The second-order valence-corrected chi connectivity index (χ2v) is 9.10. The molecule has 0 aromatic heterocycles. The van der Waals surface area contributed by atoms with Gasteiger partial charge in [-0.2, -0.15) is 0 Å². The standard InChI is InChI=1S/C18H20ClN3O6S/c1-18(2)12(16(25)26)22-14(24)11(15(22)29-18)20-13(23)10(21-17(27)28-8-19)9-6-4-3-5-7-9/h3-7,10-12,15H,8H2,1-2H3,(H,20,23)(H,21,27)(H,25,26)/t10?,11-,12+,15-/m1/s1. The van der Waals surface area contributed by atoms with E-state index in [2.05, 4.69) is 15.4 Å². The highest BCUT2D eigenvalue weighted by Crippen LogP contribution is 2.50. The van der Waals surface area contributed by atoms with Gasteiger partial charge in [-0.3, -0.25) is 9.59 Å². The minimum Gasteiger partial charge on any atom is -0.480 e. The van der Waals surface area contributed by atoms with Crippen LogP contribution in [0.25, 0.3) is 0 Å². The van der Waals surface area contributed by atoms with Crippen molar-refractivity contribution in [2.24, 2.45) is 0 Å². The molecule has 29 heavy (non-hydrogen) atoms. The average molecular weight is 442 g/mol. The molecule has 2 aliphatic rings. The molecular weight excluding hydrogens is 422 g/mol. The SMILES string of the molecule is CC1(C)S[C@@H]2[C@H](NC(=O)C(NC(=O)OCCl)c3ccccc3)C(=O)N2[C@H]1C(=O)O. The Balaban J connectivity index is 1.76. The van der Waals surface area contributed by atoms with Gasteiger partial charge < -0.3 is 25.4 Å². The molecule has 3 rings (SSSR count). The number of hydrogen-bond donors (Lipinski definition) is 3. The van der Waals surface area contributed by atoms with Gasteiger partial charge in [-0.1, -0.05) is 41.9 Å². The predicted molar refractivity (Wildman–Crippen MR) is 105 cm³/mol. The summed E-state index contributed by atoms with van der Waals surface area (Å²) in [5.74, 6) is -2.17. The number of hydrogen-bond acceptors (Lipinski definition) is 6. The largest absolute Gasteiger partial charge is 0.480 e. The van der Waals surface area contributed by atoms with Gasteiger partial charge in [0, 0.05) is 4.75 Å². The van der Waals surface area contributed by atoms with E-state index in [9.17, 15) is 24.3 Å². The first-order valence-corrected chi connectivity index (χ1v) is 10.2. The third-order valence-electron chi connectivity index (χ3n) is 4.82. The summed E-state index contributed by atoms with van der Waals surface area (Å²) in [4.78, 5) is 50.1. The minimum atomic E-state index is -1.11. The molecule has 1 aromatic rings. The number of ether oxygens (including phenoxy) is 1. The Morgan fingerprint density at radius 1 is 1.31 bits per heavy atom. The fourth-order valence-electron chi connectivity index (χ4n) is 3.54. The Kier molecular flexibility index (Phi) is 5.95. The van der Waals surface area contributed by atoms with E-state index in [-0.39, 0.29) is 6.07 Å². The number of β-lactam (4-membered cyclic amide) rings is 1. The zero-order valence-corrected chi connectivity index (χ0v) is 17.2. The van der Waals surface area contributed by atoms with Crippen LogP contribution in [-0.4, -0.2) is 62.2 Å². The summed E-state index contributed by atoms with van der Waals surface area (Å²) in [5.41, 5.74) is 0.489. The fraction of sp³-hybridized carbons (Fsp3) is 0.444. The summed E-state index contributed by atoms with van der Waals surface area (Å²) >= 11 is 6.70. The lowest BCUT2D eigenvalue weighted by atomic mass is 9.95. The summed E-state index contributed by atoms with van der Waals surface area (Å²) in [5, 5.41) is 14.0. The van der Waals surface area contributed by atoms with Crippen LogP contribution in [0.3, 0.4) is 0 Å². The number of aliphatic carboxylic acids is 1. The average Bonchev–Trinajstić information content (AvgIpc) is 2.93. The van der Waals surface area contributed by atoms with E-state index in [0.29, 0.717) is 5.56 Å². The van der Waals surface area contributed by atoms with Gasteiger partial charge in [-0.15, -0.1) is 11.8 Å². The lowest BCUT2D eigenvalue weighted by Crippen LogP contribution is -2.71. The maximum Gasteiger partial charge on any atom is 0.409 e. The van der Waals surface area contributed by atoms with Gasteiger partial charge in [0.15, 0.2) is 6.07 Å². The second kappa shape index (κ2) is 8.11. The van der Waals surface area contributed by atoms with E-state index in [4.69, 9.17) is 11.6 Å². The number of thioether (sulfide) groups is 1. The van der Waals surface area contributed by atoms with Gasteiger partial charge in [0.25, 0.3) is 0 Å². The number of carbonyl (C=O) groups excluding carboxylic acids is 3. The Morgan fingerprint density at radius 2 is 1.97 bits per heavy atom. The summed E-state index contributed by atoms with van der Waals surface area (Å²) in [6.07, 6.45) is -0.882. The normalized spacial score (nSPS) is 25.4. The lowest BCUT2D eigenvalue weighted by Gasteiger charge is -2.43. The van der Waals surface area contributed by atoms with Gasteiger partial charge in [-0.25, -0.2) is 9.59 Å². The molecule has 0 aliphatic carbocycles. The molecule has 2 saturated heterocycles. The van der Waals surface area contributed by atoms with E-state index < -0.39 is 52.1 Å². The van der Waals surface area contributed by atoms with Gasteiger partial charge >= 0.3 is 12.1 Å². The first kappa shape index (κ1) is 21.3. The van der Waals surface area contributed by atoms with E-state index in [0.717, 1.165) is 0 Å². The van der Waals surface area contributed by atoms with Crippen molar-refractivity contribution in [2.75, 3.05) is 6.07 Å². The number of halogens is 1. The highest BCUT2D eigenvalue weighted by molar-refractivity contribution is 8.01. The summed E-state index contributed by atoms with van der Waals surface area (Å²) < 4.78 is 3.94. The first-order chi connectivity index (χ1) is 13.7. The Labute approximate surface area is 176 Å². The van der Waals surface area contributed by atoms with Crippen molar-refractivity contribution in [2.45, 2.75) is 42.1 Å². The van der Waals surface area contributed by atoms with Gasteiger partial charge in [0.2, 0.25) is 11.8 Å². The minimum absolute atomic E-state index is 0.380. The molecule has 11 heteroatoms. The van der Waals surface area contributed by atoms with Crippen LogP contribution in [0.4, 0.5) is 4.79 Å². The Morgan fingerprint density at radius 3 is 2.55 bits per heavy atom. The van der Waals surface area contributed by atoms with E-state index in [1.165, 1.54) is 16.7 Å². The van der Waals surface area contributed by atoms with Crippen LogP contribution < -0.4 is 10.6 Å². The number of alkyl halides is 1. The summed E-state index contributed by atoms with van der Waals surface area (Å²) in [6.45, 7) is 3.49. The number of nitrogens with one attached hydrogen (secondary N) is 2. The maximum atomic E-state index is 12.9. The number of fused-ring (bicyclic) bond motifs is 1. The second-order valence-electron chi connectivity index (χ2n) is 7.11. The van der Waals surface area contributed by atoms with Crippen molar-refractivity contribution < 1.29 is 29.0 Å². The number of alkyl carbamates (subject to hydrolysis) is 1. The number of benzene rings is 1. The highest BCUT2D eigenvalue weighted by Gasteiger charge is 2.64. The number of nitrogens with zero attached hydrogens (tertiary/aromatic N) is 1. The molecule has 2 heterocycles. The number of carboxylic acid groups (broad SMARTS) is 1. The smallest absolute Gasteiger partial charge is 0.409 e. The zero-order chi connectivity index (χ0) is 21.3. The van der Waals surface area contributed by atoms with Crippen molar-refractivity contribution in [3.63, 3.8) is 0 Å². The first-order valence-electron chi connectivity index (χ1n) is 8.74. The molecule has 2 aliphatic heterocycles. The zero-order valence-electron chi connectivity index (χ0n) is 15.6. The van der Waals surface area contributed by atoms with Crippen molar-refractivity contribution in [1.29, 1.82) is 0 Å². The number of rotatable bonds is 6. The molecule has 0 radical (unpaired) electrons. The van der Waals surface area contributed by atoms with Crippen LogP contribution in [0.1, 0.15) is 25.5 Å². The summed E-state index contributed by atoms with van der Waals surface area (Å²) in [7, 11) is 0. The Bertz CT molecular complexity index is 836. The predicted octanol–water partition coefficient (Wildman–Crippen LogP) is 1.28. The monoisotopic (exact) mass is 441 g/mol. The van der Waals surface area contributed by atoms with Crippen LogP contribution in [0.15, 0.2) is 30.3 Å². The molecule has 3 N–H and O–H groups in total. The lowest BCUT2D eigenvalue weighted by molar-refractivity contribution is -0.161.